The molecule has 0 saturated heterocycles. The number of amides is 1. The Kier molecular flexibility index (Phi) is 4.59. The van der Waals surface area contributed by atoms with Crippen molar-refractivity contribution in [3.05, 3.63) is 29.8 Å². The van der Waals surface area contributed by atoms with Gasteiger partial charge in [0.15, 0.2) is 11.7 Å². The first kappa shape index (κ1) is 13.9. The molecule has 0 saturated carbocycles. The van der Waals surface area contributed by atoms with Gasteiger partial charge in [0.1, 0.15) is 0 Å². The molecule has 1 rings (SSSR count). The highest BCUT2D eigenvalue weighted by Crippen LogP contribution is 2.11. The lowest BCUT2D eigenvalue weighted by Gasteiger charge is -2.26. The lowest BCUT2D eigenvalue weighted by atomic mass is 10.2. The van der Waals surface area contributed by atoms with Crippen LogP contribution >= 0.6 is 0 Å². The quantitative estimate of drug-likeness (QED) is 0.360. The molecular weight excluding hydrogens is 239 g/mol. The Bertz CT molecular complexity index is 462. The predicted octanol–water partition coefficient (Wildman–Crippen LogP) is 0.818. The molecule has 0 aliphatic carbocycles. The van der Waals surface area contributed by atoms with Gasteiger partial charge in [-0.1, -0.05) is 5.16 Å². The summed E-state index contributed by atoms with van der Waals surface area (Å²) in [4.78, 5) is 17.0. The normalized spacial score (nSPS) is 11.7. The van der Waals surface area contributed by atoms with Crippen molar-refractivity contribution in [1.82, 2.24) is 9.88 Å². The lowest BCUT2D eigenvalue weighted by molar-refractivity contribution is 0.0729. The van der Waals surface area contributed by atoms with Crippen LogP contribution in [0.1, 0.15) is 24.2 Å². The van der Waals surface area contributed by atoms with E-state index in [9.17, 15) is 9.18 Å². The van der Waals surface area contributed by atoms with Gasteiger partial charge in [0.25, 0.3) is 5.91 Å². The number of aromatic nitrogens is 1. The molecule has 0 aromatic carbocycles. The van der Waals surface area contributed by atoms with Crippen molar-refractivity contribution in [2.75, 3.05) is 6.54 Å². The minimum absolute atomic E-state index is 0.0746. The number of oxime groups is 1. The second kappa shape index (κ2) is 5.95. The summed E-state index contributed by atoms with van der Waals surface area (Å²) in [6.45, 7) is 3.43. The van der Waals surface area contributed by atoms with Gasteiger partial charge in [0, 0.05) is 12.2 Å². The van der Waals surface area contributed by atoms with Crippen molar-refractivity contribution in [3.63, 3.8) is 0 Å². The zero-order valence-electron chi connectivity index (χ0n) is 10.2. The fourth-order valence-corrected chi connectivity index (χ4v) is 1.40. The lowest BCUT2D eigenvalue weighted by Crippen LogP contribution is -2.43. The molecule has 3 N–H and O–H groups in total. The molecular formula is C11H15FN4O2. The van der Waals surface area contributed by atoms with Crippen LogP contribution in [0.4, 0.5) is 4.39 Å². The summed E-state index contributed by atoms with van der Waals surface area (Å²) in [6.07, 6.45) is 2.30. The highest BCUT2D eigenvalue weighted by Gasteiger charge is 2.22. The fraction of sp³-hybridized carbons (Fsp3) is 0.364. The summed E-state index contributed by atoms with van der Waals surface area (Å²) in [5.74, 6) is -1.35. The summed E-state index contributed by atoms with van der Waals surface area (Å²) in [7, 11) is 0. The van der Waals surface area contributed by atoms with Gasteiger partial charge in [-0.15, -0.1) is 0 Å². The molecule has 1 aromatic heterocycles. The molecule has 0 fully saturated rings. The van der Waals surface area contributed by atoms with Gasteiger partial charge in [-0.2, -0.15) is 0 Å². The third kappa shape index (κ3) is 3.16. The van der Waals surface area contributed by atoms with E-state index in [4.69, 9.17) is 10.9 Å². The molecule has 98 valence electrons. The summed E-state index contributed by atoms with van der Waals surface area (Å²) >= 11 is 0. The fourth-order valence-electron chi connectivity index (χ4n) is 1.40. The SMILES string of the molecule is CC(C)N(C/C(N)=N/O)C(=O)c1ccncc1F. The highest BCUT2D eigenvalue weighted by molar-refractivity contribution is 5.97. The number of hydrogen-bond acceptors (Lipinski definition) is 4. The van der Waals surface area contributed by atoms with Crippen molar-refractivity contribution in [3.8, 4) is 0 Å². The third-order valence-corrected chi connectivity index (χ3v) is 2.35. The van der Waals surface area contributed by atoms with Gasteiger partial charge in [-0.25, -0.2) is 4.39 Å². The second-order valence-corrected chi connectivity index (χ2v) is 3.97. The Balaban J connectivity index is 3.01. The number of rotatable bonds is 4. The Labute approximate surface area is 104 Å². The molecule has 0 atom stereocenters. The Morgan fingerprint density at radius 2 is 2.33 bits per heavy atom. The van der Waals surface area contributed by atoms with E-state index < -0.39 is 11.7 Å². The molecule has 1 amide bonds. The molecule has 18 heavy (non-hydrogen) atoms. The van der Waals surface area contributed by atoms with Crippen LogP contribution in [0.15, 0.2) is 23.6 Å². The average molecular weight is 254 g/mol. The van der Waals surface area contributed by atoms with Gasteiger partial charge in [-0.3, -0.25) is 9.78 Å². The molecule has 0 aliphatic heterocycles. The average Bonchev–Trinajstić information content (AvgIpc) is 2.35. The first-order valence-corrected chi connectivity index (χ1v) is 5.34. The topological polar surface area (TPSA) is 91.8 Å². The largest absolute Gasteiger partial charge is 0.409 e. The van der Waals surface area contributed by atoms with E-state index >= 15 is 0 Å². The van der Waals surface area contributed by atoms with E-state index in [1.54, 1.807) is 13.8 Å². The van der Waals surface area contributed by atoms with Crippen LogP contribution in [-0.2, 0) is 0 Å². The van der Waals surface area contributed by atoms with Gasteiger partial charge in [0.05, 0.1) is 18.3 Å². The van der Waals surface area contributed by atoms with E-state index in [0.717, 1.165) is 6.20 Å². The van der Waals surface area contributed by atoms with Crippen molar-refractivity contribution in [2.24, 2.45) is 10.9 Å². The maximum absolute atomic E-state index is 13.5. The Morgan fingerprint density at radius 1 is 1.67 bits per heavy atom. The maximum atomic E-state index is 13.5. The molecule has 7 heteroatoms. The van der Waals surface area contributed by atoms with Gasteiger partial charge in [0.2, 0.25) is 0 Å². The molecule has 0 unspecified atom stereocenters. The summed E-state index contributed by atoms with van der Waals surface area (Å²) < 4.78 is 13.5. The predicted molar refractivity (Wildman–Crippen MR) is 63.8 cm³/mol. The number of hydrogen-bond donors (Lipinski definition) is 2. The van der Waals surface area contributed by atoms with Crippen molar-refractivity contribution in [1.29, 1.82) is 0 Å². The highest BCUT2D eigenvalue weighted by atomic mass is 19.1. The molecule has 1 aromatic rings. The van der Waals surface area contributed by atoms with E-state index in [2.05, 4.69) is 10.1 Å². The van der Waals surface area contributed by atoms with Gasteiger partial charge in [-0.05, 0) is 19.9 Å². The molecule has 0 bridgehead atoms. The van der Waals surface area contributed by atoms with E-state index in [-0.39, 0.29) is 24.0 Å². The molecule has 1 heterocycles. The minimum Gasteiger partial charge on any atom is -0.409 e. The van der Waals surface area contributed by atoms with E-state index in [1.807, 2.05) is 0 Å². The van der Waals surface area contributed by atoms with E-state index in [1.165, 1.54) is 17.2 Å². The Hall–Kier alpha value is -2.18. The van der Waals surface area contributed by atoms with Crippen LogP contribution in [-0.4, -0.2) is 39.4 Å². The zero-order valence-corrected chi connectivity index (χ0v) is 10.2. The number of pyridine rings is 1. The standard InChI is InChI=1S/C11H15FN4O2/c1-7(2)16(6-10(13)15-18)11(17)8-3-4-14-5-9(8)12/h3-5,7,18H,6H2,1-2H3,(H2,13,15). The zero-order chi connectivity index (χ0) is 13.7. The smallest absolute Gasteiger partial charge is 0.257 e. The molecule has 0 spiro atoms. The van der Waals surface area contributed by atoms with Crippen LogP contribution in [0.3, 0.4) is 0 Å². The summed E-state index contributed by atoms with van der Waals surface area (Å²) in [6, 6.07) is 1.07. The minimum atomic E-state index is -0.701. The monoisotopic (exact) mass is 254 g/mol. The van der Waals surface area contributed by atoms with Crippen molar-refractivity contribution >= 4 is 11.7 Å². The second-order valence-electron chi connectivity index (χ2n) is 3.97. The van der Waals surface area contributed by atoms with Crippen LogP contribution in [0.25, 0.3) is 0 Å². The number of halogens is 1. The first-order valence-electron chi connectivity index (χ1n) is 5.34. The number of carbonyl (C=O) groups is 1. The Morgan fingerprint density at radius 3 is 2.83 bits per heavy atom. The number of nitrogens with two attached hydrogens (primary N) is 1. The van der Waals surface area contributed by atoms with Gasteiger partial charge < -0.3 is 15.8 Å². The maximum Gasteiger partial charge on any atom is 0.257 e. The van der Waals surface area contributed by atoms with Crippen molar-refractivity contribution < 1.29 is 14.4 Å². The summed E-state index contributed by atoms with van der Waals surface area (Å²) in [5, 5.41) is 11.3. The van der Waals surface area contributed by atoms with Crippen LogP contribution in [0.2, 0.25) is 0 Å². The van der Waals surface area contributed by atoms with Crippen molar-refractivity contribution in [2.45, 2.75) is 19.9 Å². The van der Waals surface area contributed by atoms with Crippen LogP contribution in [0, 0.1) is 5.82 Å². The molecule has 0 radical (unpaired) electrons. The van der Waals surface area contributed by atoms with Gasteiger partial charge >= 0.3 is 0 Å². The number of nitrogens with zero attached hydrogens (tertiary/aromatic N) is 3. The van der Waals surface area contributed by atoms with Crippen LogP contribution < -0.4 is 5.73 Å². The number of amidine groups is 1. The van der Waals surface area contributed by atoms with Crippen LogP contribution in [0.5, 0.6) is 0 Å². The third-order valence-electron chi connectivity index (χ3n) is 2.35. The first-order chi connectivity index (χ1) is 8.47. The summed E-state index contributed by atoms with van der Waals surface area (Å²) in [5.41, 5.74) is 5.27. The van der Waals surface area contributed by atoms with E-state index in [0.29, 0.717) is 0 Å². The molecule has 0 aliphatic rings. The molecule has 6 nitrogen and oxygen atoms in total. The number of carbonyl (C=O) groups excluding carboxylic acids is 1.